The third-order valence-electron chi connectivity index (χ3n) is 2.48. The number of nitrogens with zero attached hydrogens (tertiary/aromatic N) is 1. The molecule has 1 heterocycles. The van der Waals surface area contributed by atoms with E-state index in [2.05, 4.69) is 22.5 Å². The van der Waals surface area contributed by atoms with Crippen molar-refractivity contribution in [2.45, 2.75) is 13.3 Å². The number of hydrogen-bond donors (Lipinski definition) is 3. The Morgan fingerprint density at radius 3 is 2.75 bits per heavy atom. The smallest absolute Gasteiger partial charge is 0.319 e. The molecule has 2 amide bonds. The molecule has 0 aliphatic rings. The number of nitrogens with one attached hydrogen (secondary N) is 2. The second-order valence-corrected chi connectivity index (χ2v) is 5.41. The van der Waals surface area contributed by atoms with Crippen molar-refractivity contribution in [3.8, 4) is 0 Å². The van der Waals surface area contributed by atoms with Crippen LogP contribution in [-0.4, -0.2) is 40.6 Å². The molecule has 0 spiro atoms. The monoisotopic (exact) mass is 297 g/mol. The van der Waals surface area contributed by atoms with Gasteiger partial charge in [-0.2, -0.15) is 11.8 Å². The normalized spacial score (nSPS) is 11.7. The van der Waals surface area contributed by atoms with Gasteiger partial charge in [-0.1, -0.05) is 6.92 Å². The average molecular weight is 297 g/mol. The predicted molar refractivity (Wildman–Crippen MR) is 80.1 cm³/mol. The Labute approximate surface area is 122 Å². The molecule has 1 unspecified atom stereocenters. The molecule has 0 aliphatic carbocycles. The highest BCUT2D eigenvalue weighted by Crippen LogP contribution is 2.07. The van der Waals surface area contributed by atoms with Crippen molar-refractivity contribution < 1.29 is 14.7 Å². The molecule has 6 nitrogen and oxygen atoms in total. The number of carboxylic acid groups (broad SMARTS) is 1. The SMILES string of the molecule is CSCC(C)CNC(=O)Nc1ccc(CC(=O)O)nc1. The van der Waals surface area contributed by atoms with Crippen molar-refractivity contribution in [3.05, 3.63) is 24.0 Å². The van der Waals surface area contributed by atoms with Crippen LogP contribution >= 0.6 is 11.8 Å². The standard InChI is InChI=1S/C13H19N3O3S/c1-9(8-20-2)6-15-13(19)16-11-4-3-10(14-7-11)5-12(17)18/h3-4,7,9H,5-6,8H2,1-2H3,(H,17,18)(H2,15,16,19). The second kappa shape index (κ2) is 8.42. The first-order valence-corrected chi connectivity index (χ1v) is 7.61. The highest BCUT2D eigenvalue weighted by molar-refractivity contribution is 7.98. The fraction of sp³-hybridized carbons (Fsp3) is 0.462. The highest BCUT2D eigenvalue weighted by atomic mass is 32.2. The van der Waals surface area contributed by atoms with Gasteiger partial charge in [0.2, 0.25) is 0 Å². The van der Waals surface area contributed by atoms with E-state index in [1.165, 1.54) is 6.20 Å². The number of carboxylic acids is 1. The summed E-state index contributed by atoms with van der Waals surface area (Å²) in [7, 11) is 0. The Morgan fingerprint density at radius 1 is 1.45 bits per heavy atom. The number of amides is 2. The molecule has 1 rings (SSSR count). The van der Waals surface area contributed by atoms with Crippen molar-refractivity contribution in [2.24, 2.45) is 5.92 Å². The fourth-order valence-corrected chi connectivity index (χ4v) is 2.23. The molecule has 0 fully saturated rings. The number of hydrogen-bond acceptors (Lipinski definition) is 4. The number of anilines is 1. The minimum atomic E-state index is -0.932. The Morgan fingerprint density at radius 2 is 2.20 bits per heavy atom. The molecule has 1 aromatic rings. The van der Waals surface area contributed by atoms with Gasteiger partial charge in [-0.25, -0.2) is 4.79 Å². The largest absolute Gasteiger partial charge is 0.481 e. The van der Waals surface area contributed by atoms with Crippen molar-refractivity contribution in [1.82, 2.24) is 10.3 Å². The molecule has 110 valence electrons. The van der Waals surface area contributed by atoms with E-state index in [1.54, 1.807) is 23.9 Å². The predicted octanol–water partition coefficient (Wildman–Crippen LogP) is 1.83. The number of aliphatic carboxylic acids is 1. The summed E-state index contributed by atoms with van der Waals surface area (Å²) >= 11 is 1.74. The van der Waals surface area contributed by atoms with Gasteiger partial charge in [-0.15, -0.1) is 0 Å². The van der Waals surface area contributed by atoms with Crippen LogP contribution in [0.25, 0.3) is 0 Å². The molecule has 0 radical (unpaired) electrons. The van der Waals surface area contributed by atoms with E-state index in [1.807, 2.05) is 6.26 Å². The lowest BCUT2D eigenvalue weighted by molar-refractivity contribution is -0.136. The Bertz CT molecular complexity index is 451. The van der Waals surface area contributed by atoms with Crippen LogP contribution in [0.5, 0.6) is 0 Å². The van der Waals surface area contributed by atoms with Gasteiger partial charge >= 0.3 is 12.0 Å². The van der Waals surface area contributed by atoms with E-state index in [0.29, 0.717) is 23.8 Å². The van der Waals surface area contributed by atoms with Crippen molar-refractivity contribution >= 4 is 29.4 Å². The zero-order valence-corrected chi connectivity index (χ0v) is 12.4. The first-order valence-electron chi connectivity index (χ1n) is 6.21. The summed E-state index contributed by atoms with van der Waals surface area (Å²) in [4.78, 5) is 26.1. The van der Waals surface area contributed by atoms with Gasteiger partial charge in [-0.05, 0) is 30.1 Å². The fourth-order valence-electron chi connectivity index (χ4n) is 1.54. The number of carbonyl (C=O) groups is 2. The number of urea groups is 1. The molecule has 0 aromatic carbocycles. The van der Waals surface area contributed by atoms with Gasteiger partial charge in [-0.3, -0.25) is 9.78 Å². The molecule has 1 atom stereocenters. The van der Waals surface area contributed by atoms with E-state index in [9.17, 15) is 9.59 Å². The highest BCUT2D eigenvalue weighted by Gasteiger charge is 2.06. The van der Waals surface area contributed by atoms with E-state index in [4.69, 9.17) is 5.11 Å². The van der Waals surface area contributed by atoms with Crippen molar-refractivity contribution in [1.29, 1.82) is 0 Å². The van der Waals surface area contributed by atoms with E-state index in [0.717, 1.165) is 5.75 Å². The summed E-state index contributed by atoms with van der Waals surface area (Å²) in [5.41, 5.74) is 0.992. The van der Waals surface area contributed by atoms with Crippen LogP contribution in [0, 0.1) is 5.92 Å². The van der Waals surface area contributed by atoms with Crippen molar-refractivity contribution in [2.75, 3.05) is 23.9 Å². The summed E-state index contributed by atoms with van der Waals surface area (Å²) in [6.45, 7) is 2.68. The molecule has 0 bridgehead atoms. The Kier molecular flexibility index (Phi) is 6.86. The minimum absolute atomic E-state index is 0.126. The van der Waals surface area contributed by atoms with Crippen LogP contribution in [0.2, 0.25) is 0 Å². The maximum absolute atomic E-state index is 11.6. The second-order valence-electron chi connectivity index (χ2n) is 4.50. The van der Waals surface area contributed by atoms with Crippen LogP contribution in [-0.2, 0) is 11.2 Å². The number of rotatable bonds is 7. The quantitative estimate of drug-likeness (QED) is 0.714. The molecule has 0 aliphatic heterocycles. The van der Waals surface area contributed by atoms with Gasteiger partial charge in [0.1, 0.15) is 0 Å². The van der Waals surface area contributed by atoms with Crippen LogP contribution in [0.1, 0.15) is 12.6 Å². The summed E-state index contributed by atoms with van der Waals surface area (Å²) in [5, 5.41) is 14.1. The summed E-state index contributed by atoms with van der Waals surface area (Å²) in [5.74, 6) is 0.469. The maximum atomic E-state index is 11.6. The molecule has 0 saturated heterocycles. The van der Waals surface area contributed by atoms with Gasteiger partial charge in [0.15, 0.2) is 0 Å². The number of carbonyl (C=O) groups excluding carboxylic acids is 1. The third-order valence-corrected chi connectivity index (χ3v) is 3.38. The molecule has 1 aromatic heterocycles. The lowest BCUT2D eigenvalue weighted by atomic mass is 10.2. The summed E-state index contributed by atoms with van der Waals surface area (Å²) in [6.07, 6.45) is 3.35. The molecule has 20 heavy (non-hydrogen) atoms. The van der Waals surface area contributed by atoms with Crippen LogP contribution in [0.4, 0.5) is 10.5 Å². The van der Waals surface area contributed by atoms with E-state index < -0.39 is 5.97 Å². The Hall–Kier alpha value is -1.76. The zero-order chi connectivity index (χ0) is 15.0. The van der Waals surface area contributed by atoms with Gasteiger partial charge in [0, 0.05) is 6.54 Å². The summed E-state index contributed by atoms with van der Waals surface area (Å²) in [6, 6.07) is 2.93. The topological polar surface area (TPSA) is 91.3 Å². The van der Waals surface area contributed by atoms with Gasteiger partial charge in [0.05, 0.1) is 24.0 Å². The van der Waals surface area contributed by atoms with Crippen molar-refractivity contribution in [3.63, 3.8) is 0 Å². The number of aromatic nitrogens is 1. The third kappa shape index (κ3) is 6.42. The Balaban J connectivity index is 2.40. The molecular weight excluding hydrogens is 278 g/mol. The average Bonchev–Trinajstić information content (AvgIpc) is 2.38. The lowest BCUT2D eigenvalue weighted by Gasteiger charge is -2.12. The van der Waals surface area contributed by atoms with Gasteiger partial charge < -0.3 is 15.7 Å². The van der Waals surface area contributed by atoms with Crippen LogP contribution in [0.15, 0.2) is 18.3 Å². The first-order chi connectivity index (χ1) is 9.51. The summed E-state index contributed by atoms with van der Waals surface area (Å²) < 4.78 is 0. The minimum Gasteiger partial charge on any atom is -0.481 e. The molecule has 7 heteroatoms. The van der Waals surface area contributed by atoms with Crippen LogP contribution < -0.4 is 10.6 Å². The molecular formula is C13H19N3O3S. The van der Waals surface area contributed by atoms with Crippen LogP contribution in [0.3, 0.4) is 0 Å². The molecule has 0 saturated carbocycles. The van der Waals surface area contributed by atoms with Gasteiger partial charge in [0.25, 0.3) is 0 Å². The maximum Gasteiger partial charge on any atom is 0.319 e. The van der Waals surface area contributed by atoms with E-state index in [-0.39, 0.29) is 12.5 Å². The molecule has 3 N–H and O–H groups in total. The first kappa shape index (κ1) is 16.3. The lowest BCUT2D eigenvalue weighted by Crippen LogP contribution is -2.33. The number of pyridine rings is 1. The number of thioether (sulfide) groups is 1. The van der Waals surface area contributed by atoms with E-state index >= 15 is 0 Å². The zero-order valence-electron chi connectivity index (χ0n) is 11.5.